The van der Waals surface area contributed by atoms with Crippen LogP contribution >= 0.6 is 23.2 Å². The molecule has 0 spiro atoms. The molecule has 1 fully saturated rings. The van der Waals surface area contributed by atoms with Gasteiger partial charge in [-0.3, -0.25) is 4.79 Å². The van der Waals surface area contributed by atoms with Crippen molar-refractivity contribution >= 4 is 63.2 Å². The molecule has 0 unspecified atom stereocenters. The van der Waals surface area contributed by atoms with E-state index in [0.29, 0.717) is 40.2 Å². The molecule has 1 aliphatic carbocycles. The Bertz CT molecular complexity index is 1470. The summed E-state index contributed by atoms with van der Waals surface area (Å²) in [4.78, 5) is 24.4. The minimum Gasteiger partial charge on any atom is -0.362 e. The second kappa shape index (κ2) is 12.7. The Hall–Kier alpha value is -3.55. The fourth-order valence-corrected chi connectivity index (χ4v) is 5.69. The summed E-state index contributed by atoms with van der Waals surface area (Å²) in [5.41, 5.74) is 3.27. The Morgan fingerprint density at radius 3 is 2.35 bits per heavy atom. The van der Waals surface area contributed by atoms with E-state index in [-0.39, 0.29) is 12.3 Å². The van der Waals surface area contributed by atoms with Gasteiger partial charge >= 0.3 is 0 Å². The predicted molar refractivity (Wildman–Crippen MR) is 166 cm³/mol. The minimum absolute atomic E-state index is 0.000493. The Morgan fingerprint density at radius 1 is 0.900 bits per heavy atom. The van der Waals surface area contributed by atoms with Gasteiger partial charge < -0.3 is 20.9 Å². The van der Waals surface area contributed by atoms with Crippen molar-refractivity contribution in [1.29, 1.82) is 0 Å². The van der Waals surface area contributed by atoms with E-state index in [1.807, 2.05) is 61.5 Å². The first kappa shape index (κ1) is 28.0. The maximum absolute atomic E-state index is 12.9. The van der Waals surface area contributed by atoms with Crippen molar-refractivity contribution < 1.29 is 4.79 Å². The molecule has 3 aromatic carbocycles. The van der Waals surface area contributed by atoms with E-state index in [9.17, 15) is 4.79 Å². The highest BCUT2D eigenvalue weighted by molar-refractivity contribution is 6.39. The van der Waals surface area contributed by atoms with Crippen LogP contribution < -0.4 is 20.9 Å². The summed E-state index contributed by atoms with van der Waals surface area (Å²) in [6.45, 7) is 0.675. The topological polar surface area (TPSA) is 82.2 Å². The van der Waals surface area contributed by atoms with E-state index in [0.717, 1.165) is 53.7 Å². The average molecular weight is 578 g/mol. The number of hydrogen-bond donors (Lipinski definition) is 3. The van der Waals surface area contributed by atoms with E-state index in [2.05, 4.69) is 22.0 Å². The van der Waals surface area contributed by atoms with E-state index in [1.54, 1.807) is 18.2 Å². The Morgan fingerprint density at radius 2 is 1.60 bits per heavy atom. The smallest absolute Gasteiger partial charge is 0.225 e. The summed E-state index contributed by atoms with van der Waals surface area (Å²) in [7, 11) is 4.00. The van der Waals surface area contributed by atoms with Crippen LogP contribution in [0.4, 0.5) is 23.1 Å². The highest BCUT2D eigenvalue weighted by Crippen LogP contribution is 2.34. The highest BCUT2D eigenvalue weighted by Gasteiger charge is 2.23. The monoisotopic (exact) mass is 576 g/mol. The molecule has 208 valence electrons. The first-order valence-corrected chi connectivity index (χ1v) is 14.4. The van der Waals surface area contributed by atoms with E-state index in [4.69, 9.17) is 33.2 Å². The molecular weight excluding hydrogens is 543 g/mol. The molecule has 9 heteroatoms. The van der Waals surface area contributed by atoms with Gasteiger partial charge in [0.05, 0.1) is 27.7 Å². The molecule has 1 amide bonds. The molecule has 1 aliphatic rings. The molecule has 1 heterocycles. The van der Waals surface area contributed by atoms with Crippen LogP contribution in [-0.4, -0.2) is 42.6 Å². The summed E-state index contributed by atoms with van der Waals surface area (Å²) >= 11 is 12.7. The van der Waals surface area contributed by atoms with Gasteiger partial charge in [0.15, 0.2) is 0 Å². The molecule has 40 heavy (non-hydrogen) atoms. The number of benzene rings is 3. The fraction of sp³-hybridized carbons (Fsp3) is 0.323. The third-order valence-electron chi connectivity index (χ3n) is 7.37. The zero-order valence-electron chi connectivity index (χ0n) is 22.8. The molecule has 3 N–H and O–H groups in total. The minimum atomic E-state index is 0.000493. The number of rotatable bonds is 9. The van der Waals surface area contributed by atoms with Gasteiger partial charge in [-0.05, 0) is 67.5 Å². The van der Waals surface area contributed by atoms with Gasteiger partial charge in [0.25, 0.3) is 0 Å². The van der Waals surface area contributed by atoms with Crippen LogP contribution in [0.15, 0.2) is 66.7 Å². The van der Waals surface area contributed by atoms with Crippen LogP contribution in [0.1, 0.15) is 31.2 Å². The number of hydrogen-bond acceptors (Lipinski definition) is 6. The normalized spacial score (nSPS) is 16.9. The third-order valence-corrected chi connectivity index (χ3v) is 8.00. The van der Waals surface area contributed by atoms with Crippen LogP contribution in [0.2, 0.25) is 10.0 Å². The van der Waals surface area contributed by atoms with Crippen LogP contribution in [0.5, 0.6) is 0 Å². The molecular formula is C31H34Cl2N6O. The molecule has 5 rings (SSSR count). The van der Waals surface area contributed by atoms with Crippen LogP contribution in [0.3, 0.4) is 0 Å². The number of para-hydroxylation sites is 3. The Balaban J connectivity index is 1.12. The molecule has 1 aromatic heterocycles. The van der Waals surface area contributed by atoms with Gasteiger partial charge in [0.2, 0.25) is 11.9 Å². The van der Waals surface area contributed by atoms with Crippen molar-refractivity contribution in [3.05, 3.63) is 82.3 Å². The number of amides is 1. The molecule has 0 atom stereocenters. The number of carbonyl (C=O) groups is 1. The zero-order chi connectivity index (χ0) is 28.1. The quantitative estimate of drug-likeness (QED) is 0.197. The lowest BCUT2D eigenvalue weighted by Crippen LogP contribution is -2.35. The molecule has 0 saturated heterocycles. The summed E-state index contributed by atoms with van der Waals surface area (Å²) in [6, 6.07) is 21.5. The maximum atomic E-state index is 12.9. The summed E-state index contributed by atoms with van der Waals surface area (Å²) in [5, 5.41) is 12.1. The number of aromatic nitrogens is 2. The van der Waals surface area contributed by atoms with Crippen molar-refractivity contribution in [1.82, 2.24) is 15.3 Å². The second-order valence-electron chi connectivity index (χ2n) is 10.5. The zero-order valence-corrected chi connectivity index (χ0v) is 24.3. The van der Waals surface area contributed by atoms with Crippen molar-refractivity contribution in [2.24, 2.45) is 5.92 Å². The Kier molecular flexibility index (Phi) is 8.92. The largest absolute Gasteiger partial charge is 0.362 e. The van der Waals surface area contributed by atoms with Crippen molar-refractivity contribution in [2.75, 3.05) is 36.2 Å². The second-order valence-corrected chi connectivity index (χ2v) is 11.3. The lowest BCUT2D eigenvalue weighted by molar-refractivity contribution is -0.120. The molecule has 7 nitrogen and oxygen atoms in total. The number of carbonyl (C=O) groups excluding carboxylic acids is 1. The number of nitrogens with zero attached hydrogens (tertiary/aromatic N) is 3. The number of halogens is 2. The van der Waals surface area contributed by atoms with Crippen molar-refractivity contribution in [3.8, 4) is 0 Å². The van der Waals surface area contributed by atoms with Gasteiger partial charge in [-0.2, -0.15) is 4.98 Å². The fourth-order valence-electron chi connectivity index (χ4n) is 5.20. The number of nitrogens with one attached hydrogen (secondary N) is 3. The van der Waals surface area contributed by atoms with Crippen molar-refractivity contribution in [3.63, 3.8) is 0 Å². The van der Waals surface area contributed by atoms with Gasteiger partial charge in [0, 0.05) is 37.8 Å². The van der Waals surface area contributed by atoms with Gasteiger partial charge in [-0.15, -0.1) is 0 Å². The predicted octanol–water partition coefficient (Wildman–Crippen LogP) is 7.08. The van der Waals surface area contributed by atoms with Crippen molar-refractivity contribution in [2.45, 2.75) is 38.1 Å². The van der Waals surface area contributed by atoms with E-state index in [1.165, 1.54) is 0 Å². The Labute approximate surface area is 245 Å². The average Bonchev–Trinajstić information content (AvgIpc) is 2.95. The molecule has 4 aromatic rings. The lowest BCUT2D eigenvalue weighted by atomic mass is 9.86. The molecule has 0 radical (unpaired) electrons. The SMILES string of the molecule is CN(C)c1nc(N[C@H]2CC[C@@H](CNC(=O)Cc3ccccc3Nc3c(Cl)cccc3Cl)CC2)nc2ccccc12. The van der Waals surface area contributed by atoms with Gasteiger partial charge in [0.1, 0.15) is 5.82 Å². The maximum Gasteiger partial charge on any atom is 0.225 e. The number of fused-ring (bicyclic) bond motifs is 1. The van der Waals surface area contributed by atoms with Crippen LogP contribution in [0, 0.1) is 5.92 Å². The number of anilines is 4. The lowest BCUT2D eigenvalue weighted by Gasteiger charge is -2.29. The summed E-state index contributed by atoms with van der Waals surface area (Å²) in [5.74, 6) is 2.04. The summed E-state index contributed by atoms with van der Waals surface area (Å²) in [6.07, 6.45) is 4.37. The third kappa shape index (κ3) is 6.77. The highest BCUT2D eigenvalue weighted by atomic mass is 35.5. The van der Waals surface area contributed by atoms with E-state index < -0.39 is 0 Å². The van der Waals surface area contributed by atoms with Crippen LogP contribution in [0.25, 0.3) is 10.9 Å². The van der Waals surface area contributed by atoms with E-state index >= 15 is 0 Å². The van der Waals surface area contributed by atoms with Gasteiger partial charge in [-0.1, -0.05) is 59.6 Å². The first-order chi connectivity index (χ1) is 19.4. The molecule has 0 bridgehead atoms. The molecule has 1 saturated carbocycles. The molecule has 0 aliphatic heterocycles. The van der Waals surface area contributed by atoms with Crippen LogP contribution in [-0.2, 0) is 11.2 Å². The first-order valence-electron chi connectivity index (χ1n) is 13.6. The summed E-state index contributed by atoms with van der Waals surface area (Å²) < 4.78 is 0. The van der Waals surface area contributed by atoms with Gasteiger partial charge in [-0.25, -0.2) is 4.98 Å². The standard InChI is InChI=1S/C31H34Cl2N6O/c1-39(2)30-23-9-4-6-13-27(23)37-31(38-30)35-22-16-14-20(15-17-22)19-34-28(40)18-21-8-3-5-12-26(21)36-29-24(32)10-7-11-25(29)33/h3-13,20,22,36H,14-19H2,1-2H3,(H,34,40)(H,35,37,38)/t20-,22+.